The van der Waals surface area contributed by atoms with Crippen LogP contribution in [-0.2, 0) is 12.0 Å². The topological polar surface area (TPSA) is 37.4 Å². The Morgan fingerprint density at radius 1 is 1.10 bits per heavy atom. The number of nitrogens with zero attached hydrogens (tertiary/aromatic N) is 3. The molecule has 2 aromatic carbocycles. The van der Waals surface area contributed by atoms with Crippen LogP contribution in [0.25, 0.3) is 10.9 Å². The van der Waals surface area contributed by atoms with Crippen LogP contribution in [0.5, 0.6) is 0 Å². The van der Waals surface area contributed by atoms with Crippen molar-refractivity contribution in [2.45, 2.75) is 105 Å². The van der Waals surface area contributed by atoms with Gasteiger partial charge in [-0.25, -0.2) is 4.39 Å². The zero-order valence-corrected chi connectivity index (χ0v) is 27.5. The fourth-order valence-corrected chi connectivity index (χ4v) is 7.98. The number of aryl methyl sites for hydroxylation is 3. The van der Waals surface area contributed by atoms with Crippen LogP contribution in [-0.4, -0.2) is 35.9 Å². The average molecular weight is 563 g/mol. The minimum Gasteiger partial charge on any atom is -0.398 e. The summed E-state index contributed by atoms with van der Waals surface area (Å²) >= 11 is 0. The van der Waals surface area contributed by atoms with Gasteiger partial charge in [-0.3, -0.25) is 9.58 Å². The van der Waals surface area contributed by atoms with Gasteiger partial charge in [0.25, 0.3) is 0 Å². The maximum atomic E-state index is 14.8. The summed E-state index contributed by atoms with van der Waals surface area (Å²) in [4.78, 5) is 2.68. The van der Waals surface area contributed by atoms with Gasteiger partial charge in [0.15, 0.2) is 0 Å². The van der Waals surface area contributed by atoms with E-state index in [1.165, 1.54) is 38.7 Å². The predicted molar refractivity (Wildman–Crippen MR) is 177 cm³/mol. The molecule has 1 aliphatic heterocycles. The Hall–Kier alpha value is -2.79. The molecule has 0 radical (unpaired) electrons. The molecule has 0 bridgehead atoms. The van der Waals surface area contributed by atoms with Crippen molar-refractivity contribution in [3.8, 4) is 0 Å². The summed E-state index contributed by atoms with van der Waals surface area (Å²) < 4.78 is 17.1. The van der Waals surface area contributed by atoms with E-state index in [-0.39, 0.29) is 17.0 Å². The minimum atomic E-state index is -1.03. The average Bonchev–Trinajstić information content (AvgIpc) is 3.35. The largest absolute Gasteiger partial charge is 0.398 e. The van der Waals surface area contributed by atoms with E-state index in [2.05, 4.69) is 113 Å². The highest BCUT2D eigenvalue weighted by atomic mass is 19.1. The summed E-state index contributed by atoms with van der Waals surface area (Å²) in [6.45, 7) is 24.1. The van der Waals surface area contributed by atoms with Crippen molar-refractivity contribution < 1.29 is 4.39 Å². The Bertz CT molecular complexity index is 1340. The molecule has 0 amide bonds. The molecular weight excluding hydrogens is 507 g/mol. The number of piperidine rings is 1. The molecule has 1 spiro atoms. The number of nitrogen functional groups attached to an aromatic ring is 1. The quantitative estimate of drug-likeness (QED) is 0.249. The summed E-state index contributed by atoms with van der Waals surface area (Å²) in [5, 5.41) is 3.47. The summed E-state index contributed by atoms with van der Waals surface area (Å²) in [7, 11) is 4.18. The molecule has 5 rings (SSSR count). The summed E-state index contributed by atoms with van der Waals surface area (Å²) in [5.41, 5.74) is 14.1. The monoisotopic (exact) mass is 562 g/mol. The van der Waals surface area contributed by atoms with E-state index in [0.717, 1.165) is 31.5 Å². The van der Waals surface area contributed by atoms with E-state index in [1.54, 1.807) is 6.92 Å². The number of likely N-dealkylation sites (tertiary alicyclic amines) is 1. The van der Waals surface area contributed by atoms with Crippen LogP contribution < -0.4 is 10.7 Å². The lowest BCUT2D eigenvalue weighted by atomic mass is 9.54. The molecule has 1 aromatic heterocycles. The van der Waals surface area contributed by atoms with E-state index < -0.39 is 5.67 Å². The molecular formula is C36H55FN4. The Labute approximate surface area is 249 Å². The second-order valence-corrected chi connectivity index (χ2v) is 13.0. The number of anilines is 1. The third-order valence-corrected chi connectivity index (χ3v) is 9.34. The molecule has 2 heterocycles. The molecule has 1 saturated carbocycles. The number of hydrogen-bond donors (Lipinski definition) is 1. The lowest BCUT2D eigenvalue weighted by molar-refractivity contribution is -0.121. The smallest absolute Gasteiger partial charge is 0.109 e. The minimum absolute atomic E-state index is 0.0719. The summed E-state index contributed by atoms with van der Waals surface area (Å²) in [5.74, 6) is 0. The first kappa shape index (κ1) is 32.7. The lowest BCUT2D eigenvalue weighted by Gasteiger charge is -2.59. The number of alkyl halides is 1. The Balaban J connectivity index is 0.00000111. The van der Waals surface area contributed by atoms with Crippen molar-refractivity contribution in [2.75, 3.05) is 31.4 Å². The van der Waals surface area contributed by atoms with Gasteiger partial charge in [0.1, 0.15) is 5.67 Å². The van der Waals surface area contributed by atoms with E-state index >= 15 is 0 Å². The normalized spacial score (nSPS) is 24.2. The molecule has 1 saturated heterocycles. The number of halogens is 1. The van der Waals surface area contributed by atoms with Gasteiger partial charge in [-0.2, -0.15) is 0 Å². The number of rotatable bonds is 5. The molecule has 3 aromatic rings. The zero-order valence-electron chi connectivity index (χ0n) is 27.5. The van der Waals surface area contributed by atoms with Gasteiger partial charge in [-0.1, -0.05) is 39.0 Å². The highest BCUT2D eigenvalue weighted by molar-refractivity contribution is 5.89. The SMILES string of the molecule is C=C.CC.CCc1cc(C)c2c(ccn2N(C)C)c1C(C)(C)N1CCC2(CC1c1ccc(C)cc1N)CC(C)(F)C2. The van der Waals surface area contributed by atoms with Crippen LogP contribution in [0.1, 0.15) is 101 Å². The van der Waals surface area contributed by atoms with Gasteiger partial charge in [0.2, 0.25) is 0 Å². The van der Waals surface area contributed by atoms with Crippen molar-refractivity contribution in [3.63, 3.8) is 0 Å². The van der Waals surface area contributed by atoms with Crippen LogP contribution in [0.2, 0.25) is 0 Å². The van der Waals surface area contributed by atoms with Gasteiger partial charge in [0, 0.05) is 49.5 Å². The van der Waals surface area contributed by atoms with Crippen molar-refractivity contribution in [3.05, 3.63) is 77.5 Å². The van der Waals surface area contributed by atoms with Crippen LogP contribution in [0.4, 0.5) is 10.1 Å². The number of nitrogens with two attached hydrogens (primary N) is 1. The van der Waals surface area contributed by atoms with E-state index in [9.17, 15) is 4.39 Å². The highest BCUT2D eigenvalue weighted by Gasteiger charge is 2.56. The van der Waals surface area contributed by atoms with Crippen molar-refractivity contribution in [2.24, 2.45) is 5.41 Å². The third kappa shape index (κ3) is 5.93. The van der Waals surface area contributed by atoms with Crippen LogP contribution in [0, 0.1) is 19.3 Å². The Kier molecular flexibility index (Phi) is 9.75. The van der Waals surface area contributed by atoms with E-state index in [1.807, 2.05) is 13.8 Å². The Morgan fingerprint density at radius 3 is 2.27 bits per heavy atom. The van der Waals surface area contributed by atoms with Gasteiger partial charge in [-0.05, 0) is 112 Å². The first-order valence-electron chi connectivity index (χ1n) is 15.4. The molecule has 41 heavy (non-hydrogen) atoms. The number of fused-ring (bicyclic) bond motifs is 1. The molecule has 2 fully saturated rings. The molecule has 4 nitrogen and oxygen atoms in total. The van der Waals surface area contributed by atoms with E-state index in [0.29, 0.717) is 12.8 Å². The fourth-order valence-electron chi connectivity index (χ4n) is 7.98. The molecule has 1 atom stereocenters. The number of benzene rings is 2. The molecule has 226 valence electrons. The first-order valence-corrected chi connectivity index (χ1v) is 15.4. The van der Waals surface area contributed by atoms with Crippen molar-refractivity contribution >= 4 is 16.6 Å². The molecule has 2 aliphatic rings. The molecule has 2 N–H and O–H groups in total. The Morgan fingerprint density at radius 2 is 1.73 bits per heavy atom. The van der Waals surface area contributed by atoms with Gasteiger partial charge in [-0.15, -0.1) is 13.2 Å². The first-order chi connectivity index (χ1) is 19.3. The van der Waals surface area contributed by atoms with Gasteiger partial charge < -0.3 is 10.7 Å². The summed E-state index contributed by atoms with van der Waals surface area (Å²) in [6, 6.07) is 11.3. The van der Waals surface area contributed by atoms with Crippen molar-refractivity contribution in [1.29, 1.82) is 0 Å². The fraction of sp³-hybridized carbons (Fsp3) is 0.556. The summed E-state index contributed by atoms with van der Waals surface area (Å²) in [6.07, 6.45) is 6.49. The number of hydrogen-bond acceptors (Lipinski definition) is 3. The zero-order chi connectivity index (χ0) is 30.9. The van der Waals surface area contributed by atoms with Crippen LogP contribution in [0.15, 0.2) is 49.7 Å². The second kappa shape index (κ2) is 12.2. The second-order valence-electron chi connectivity index (χ2n) is 13.0. The maximum Gasteiger partial charge on any atom is 0.109 e. The maximum absolute atomic E-state index is 14.8. The van der Waals surface area contributed by atoms with Gasteiger partial charge >= 0.3 is 0 Å². The molecule has 1 unspecified atom stereocenters. The highest BCUT2D eigenvalue weighted by Crippen LogP contribution is 2.61. The van der Waals surface area contributed by atoms with Crippen LogP contribution in [0.3, 0.4) is 0 Å². The molecule has 5 heteroatoms. The van der Waals surface area contributed by atoms with Crippen LogP contribution >= 0.6 is 0 Å². The third-order valence-electron chi connectivity index (χ3n) is 9.34. The standard InChI is InChI=1S/C32H45FN4.C2H6.C2H4/c1-9-23-17-22(3)29-25(12-14-37(29)35(7)8)28(23)30(4,5)36-15-13-32(19-31(6,33)20-32)18-27(36)24-11-10-21(2)16-26(24)34;2*1-2/h10-12,14,16-17,27H,9,13,15,18-20,34H2,1-8H3;1-2H3;1-2H2. The number of aromatic nitrogens is 1. The predicted octanol–water partition coefficient (Wildman–Crippen LogP) is 9.01. The lowest BCUT2D eigenvalue weighted by Crippen LogP contribution is -2.57. The van der Waals surface area contributed by atoms with Gasteiger partial charge in [0.05, 0.1) is 5.52 Å². The van der Waals surface area contributed by atoms with E-state index in [4.69, 9.17) is 5.73 Å². The van der Waals surface area contributed by atoms with Crippen molar-refractivity contribution in [1.82, 2.24) is 9.58 Å². The molecule has 1 aliphatic carbocycles.